The number of rotatable bonds is 7. The quantitative estimate of drug-likeness (QED) is 0.384. The predicted molar refractivity (Wildman–Crippen MR) is 115 cm³/mol. The average molecular weight is 462 g/mol. The van der Waals surface area contributed by atoms with Gasteiger partial charge < -0.3 is 25.0 Å². The molecule has 0 radical (unpaired) electrons. The van der Waals surface area contributed by atoms with Gasteiger partial charge in [-0.05, 0) is 26.2 Å². The summed E-state index contributed by atoms with van der Waals surface area (Å²) in [6, 6.07) is 6.00. The summed E-state index contributed by atoms with van der Waals surface area (Å²) >= 11 is 0. The Morgan fingerprint density at radius 3 is 2.32 bits per heavy atom. The van der Waals surface area contributed by atoms with E-state index in [1.165, 1.54) is 0 Å². The van der Waals surface area contributed by atoms with Crippen molar-refractivity contribution in [3.63, 3.8) is 0 Å². The summed E-state index contributed by atoms with van der Waals surface area (Å²) in [5.41, 5.74) is 7.20. The Labute approximate surface area is 168 Å². The lowest BCUT2D eigenvalue weighted by Gasteiger charge is -2.21. The van der Waals surface area contributed by atoms with E-state index in [0.29, 0.717) is 11.9 Å². The lowest BCUT2D eigenvalue weighted by Crippen LogP contribution is -2.37. The molecular formula is C18H31IN4O2. The normalized spacial score (nSPS) is 17.2. The largest absolute Gasteiger partial charge is 0.497 e. The number of methoxy groups -OCH3 is 2. The van der Waals surface area contributed by atoms with Crippen molar-refractivity contribution in [1.82, 2.24) is 4.90 Å². The van der Waals surface area contributed by atoms with Gasteiger partial charge in [-0.15, -0.1) is 24.0 Å². The van der Waals surface area contributed by atoms with Gasteiger partial charge in [0.05, 0.1) is 14.2 Å². The Balaban J connectivity index is 0.00000312. The second-order valence-electron chi connectivity index (χ2n) is 6.04. The molecule has 142 valence electrons. The summed E-state index contributed by atoms with van der Waals surface area (Å²) in [5.74, 6) is 2.81. The molecule has 1 unspecified atom stereocenters. The van der Waals surface area contributed by atoms with Crippen LogP contribution in [0.5, 0.6) is 11.5 Å². The molecule has 6 nitrogen and oxygen atoms in total. The molecule has 1 saturated heterocycles. The first-order valence-electron chi connectivity index (χ1n) is 8.64. The van der Waals surface area contributed by atoms with Crippen LogP contribution >= 0.6 is 24.0 Å². The highest BCUT2D eigenvalue weighted by Gasteiger charge is 2.23. The molecule has 1 heterocycles. The van der Waals surface area contributed by atoms with Crippen LogP contribution in [0.1, 0.15) is 20.3 Å². The number of aliphatic imine (C=N–C) groups is 1. The second-order valence-corrected chi connectivity index (χ2v) is 6.04. The molecule has 0 bridgehead atoms. The first kappa shape index (κ1) is 21.7. The Kier molecular flexibility index (Phi) is 9.16. The molecule has 0 aromatic heterocycles. The molecule has 1 aliphatic rings. The Morgan fingerprint density at radius 1 is 1.20 bits per heavy atom. The van der Waals surface area contributed by atoms with E-state index < -0.39 is 0 Å². The molecule has 1 atom stereocenters. The van der Waals surface area contributed by atoms with Crippen LogP contribution in [-0.2, 0) is 0 Å². The van der Waals surface area contributed by atoms with Gasteiger partial charge in [-0.2, -0.15) is 0 Å². The number of ether oxygens (including phenoxy) is 2. The van der Waals surface area contributed by atoms with Crippen LogP contribution in [0.15, 0.2) is 23.2 Å². The number of hydrogen-bond donors (Lipinski definition) is 1. The fraction of sp³-hybridized carbons (Fsp3) is 0.611. The van der Waals surface area contributed by atoms with Crippen molar-refractivity contribution in [2.24, 2.45) is 16.6 Å². The number of halogens is 1. The topological polar surface area (TPSA) is 63.3 Å². The van der Waals surface area contributed by atoms with E-state index in [0.717, 1.165) is 56.3 Å². The minimum absolute atomic E-state index is 0. The molecule has 2 N–H and O–H groups in total. The fourth-order valence-electron chi connectivity index (χ4n) is 3.06. The van der Waals surface area contributed by atoms with Crippen molar-refractivity contribution in [3.8, 4) is 11.5 Å². The van der Waals surface area contributed by atoms with E-state index in [9.17, 15) is 0 Å². The zero-order chi connectivity index (χ0) is 17.5. The number of nitrogens with two attached hydrogens (primary N) is 1. The molecule has 0 aliphatic carbocycles. The molecule has 1 aromatic carbocycles. The molecule has 0 amide bonds. The summed E-state index contributed by atoms with van der Waals surface area (Å²) < 4.78 is 10.7. The van der Waals surface area contributed by atoms with Crippen LogP contribution in [0.2, 0.25) is 0 Å². The van der Waals surface area contributed by atoms with Crippen LogP contribution in [0.25, 0.3) is 0 Å². The summed E-state index contributed by atoms with van der Waals surface area (Å²) in [7, 11) is 3.35. The maximum absolute atomic E-state index is 6.07. The van der Waals surface area contributed by atoms with Crippen molar-refractivity contribution in [1.29, 1.82) is 0 Å². The van der Waals surface area contributed by atoms with Gasteiger partial charge in [-0.1, -0.05) is 0 Å². The van der Waals surface area contributed by atoms with Crippen LogP contribution in [0.3, 0.4) is 0 Å². The maximum atomic E-state index is 6.07. The molecule has 1 fully saturated rings. The molecule has 0 spiro atoms. The Bertz CT molecular complexity index is 542. The molecular weight excluding hydrogens is 431 g/mol. The fourth-order valence-corrected chi connectivity index (χ4v) is 3.06. The second kappa shape index (κ2) is 10.6. The van der Waals surface area contributed by atoms with Crippen LogP contribution in [0.4, 0.5) is 5.69 Å². The lowest BCUT2D eigenvalue weighted by atomic mass is 10.1. The van der Waals surface area contributed by atoms with Crippen LogP contribution < -0.4 is 20.1 Å². The SMILES string of the molecule is CCN(CC)C(N)=NCC1CCN(c2cc(OC)cc(OC)c2)C1.I. The van der Waals surface area contributed by atoms with E-state index >= 15 is 0 Å². The van der Waals surface area contributed by atoms with E-state index in [1.54, 1.807) is 14.2 Å². The number of anilines is 1. The van der Waals surface area contributed by atoms with Crippen molar-refractivity contribution >= 4 is 35.6 Å². The third kappa shape index (κ3) is 5.83. The van der Waals surface area contributed by atoms with Gasteiger partial charge >= 0.3 is 0 Å². The smallest absolute Gasteiger partial charge is 0.191 e. The Morgan fingerprint density at radius 2 is 1.80 bits per heavy atom. The molecule has 7 heteroatoms. The maximum Gasteiger partial charge on any atom is 0.191 e. The molecule has 1 aromatic rings. The van der Waals surface area contributed by atoms with Crippen molar-refractivity contribution < 1.29 is 9.47 Å². The minimum Gasteiger partial charge on any atom is -0.497 e. The average Bonchev–Trinajstić information content (AvgIpc) is 3.09. The highest BCUT2D eigenvalue weighted by atomic mass is 127. The van der Waals surface area contributed by atoms with Gasteiger partial charge in [0.25, 0.3) is 0 Å². The van der Waals surface area contributed by atoms with Crippen molar-refractivity contribution in [2.45, 2.75) is 20.3 Å². The van der Waals surface area contributed by atoms with Crippen molar-refractivity contribution in [2.75, 3.05) is 51.8 Å². The highest BCUT2D eigenvalue weighted by molar-refractivity contribution is 14.0. The summed E-state index contributed by atoms with van der Waals surface area (Å²) in [4.78, 5) is 9.03. The first-order chi connectivity index (χ1) is 11.6. The van der Waals surface area contributed by atoms with E-state index in [-0.39, 0.29) is 24.0 Å². The third-order valence-corrected chi connectivity index (χ3v) is 4.59. The standard InChI is InChI=1S/C18H30N4O2.HI/c1-5-21(6-2)18(19)20-12-14-7-8-22(13-14)15-9-16(23-3)11-17(10-15)24-4;/h9-11,14H,5-8,12-13H2,1-4H3,(H2,19,20);1H. The van der Waals surface area contributed by atoms with Gasteiger partial charge in [-0.25, -0.2) is 0 Å². The van der Waals surface area contributed by atoms with E-state index in [4.69, 9.17) is 15.2 Å². The summed E-state index contributed by atoms with van der Waals surface area (Å²) in [6.45, 7) is 8.75. The van der Waals surface area contributed by atoms with Crippen LogP contribution in [0, 0.1) is 5.92 Å². The minimum atomic E-state index is 0. The molecule has 25 heavy (non-hydrogen) atoms. The molecule has 1 aliphatic heterocycles. The molecule has 0 saturated carbocycles. The first-order valence-corrected chi connectivity index (χ1v) is 8.64. The number of guanidine groups is 1. The van der Waals surface area contributed by atoms with Crippen LogP contribution in [-0.4, -0.2) is 57.8 Å². The zero-order valence-corrected chi connectivity index (χ0v) is 18.0. The number of benzene rings is 1. The summed E-state index contributed by atoms with van der Waals surface area (Å²) in [6.07, 6.45) is 1.12. The van der Waals surface area contributed by atoms with Gasteiger partial charge in [-0.3, -0.25) is 4.99 Å². The monoisotopic (exact) mass is 462 g/mol. The molecule has 2 rings (SSSR count). The van der Waals surface area contributed by atoms with E-state index in [2.05, 4.69) is 40.8 Å². The highest BCUT2D eigenvalue weighted by Crippen LogP contribution is 2.31. The lowest BCUT2D eigenvalue weighted by molar-refractivity contribution is 0.394. The van der Waals surface area contributed by atoms with E-state index in [1.807, 2.05) is 6.07 Å². The zero-order valence-electron chi connectivity index (χ0n) is 15.7. The van der Waals surface area contributed by atoms with Gasteiger partial charge in [0.1, 0.15) is 11.5 Å². The van der Waals surface area contributed by atoms with Gasteiger partial charge in [0.15, 0.2) is 5.96 Å². The van der Waals surface area contributed by atoms with Gasteiger partial charge in [0.2, 0.25) is 0 Å². The summed E-state index contributed by atoms with van der Waals surface area (Å²) in [5, 5.41) is 0. The third-order valence-electron chi connectivity index (χ3n) is 4.59. The Hall–Kier alpha value is -1.38. The number of nitrogens with zero attached hydrogens (tertiary/aromatic N) is 3. The van der Waals surface area contributed by atoms with Crippen molar-refractivity contribution in [3.05, 3.63) is 18.2 Å². The predicted octanol–water partition coefficient (Wildman–Crippen LogP) is 2.80. The van der Waals surface area contributed by atoms with Gasteiger partial charge in [0, 0.05) is 56.6 Å². The number of hydrogen-bond acceptors (Lipinski definition) is 4.